The molecule has 5 heteroatoms. The maximum Gasteiger partial charge on any atom is 0.389 e. The molecule has 0 aliphatic carbocycles. The Morgan fingerprint density at radius 1 is 1.27 bits per heavy atom. The summed E-state index contributed by atoms with van der Waals surface area (Å²) in [6.45, 7) is 5.68. The molecule has 0 bridgehead atoms. The van der Waals surface area contributed by atoms with Gasteiger partial charge in [0.2, 0.25) is 0 Å². The molecule has 0 N–H and O–H groups in total. The van der Waals surface area contributed by atoms with Gasteiger partial charge < -0.3 is 9.05 Å². The molecule has 0 spiro atoms. The van der Waals surface area contributed by atoms with Crippen molar-refractivity contribution in [1.29, 1.82) is 0 Å². The zero-order chi connectivity index (χ0) is 11.6. The second-order valence-electron chi connectivity index (χ2n) is 3.05. The summed E-state index contributed by atoms with van der Waals surface area (Å²) in [6.07, 6.45) is 4.49. The van der Waals surface area contributed by atoms with E-state index in [0.29, 0.717) is 19.0 Å². The fraction of sp³-hybridized carbons (Fsp3) is 0.800. The van der Waals surface area contributed by atoms with Gasteiger partial charge in [-0.2, -0.15) is 0 Å². The highest BCUT2D eigenvalue weighted by Crippen LogP contribution is 2.60. The molecule has 0 amide bonds. The highest BCUT2D eigenvalue weighted by Gasteiger charge is 2.24. The number of hydrogen-bond donors (Lipinski definition) is 0. The molecular weight excluding hydrogens is 231 g/mol. The second kappa shape index (κ2) is 9.46. The van der Waals surface area contributed by atoms with Crippen molar-refractivity contribution in [3.63, 3.8) is 0 Å². The molecular formula is C10H21O3PS. The van der Waals surface area contributed by atoms with Crippen molar-refractivity contribution in [2.24, 2.45) is 0 Å². The van der Waals surface area contributed by atoms with Gasteiger partial charge in [-0.15, -0.1) is 6.58 Å². The lowest BCUT2D eigenvalue weighted by molar-refractivity contribution is 0.217. The van der Waals surface area contributed by atoms with Crippen LogP contribution in [0, 0.1) is 0 Å². The van der Waals surface area contributed by atoms with Crippen molar-refractivity contribution in [3.05, 3.63) is 12.7 Å². The third-order valence-corrected chi connectivity index (χ3v) is 5.28. The molecule has 1 unspecified atom stereocenters. The van der Waals surface area contributed by atoms with E-state index in [0.717, 1.165) is 19.3 Å². The summed E-state index contributed by atoms with van der Waals surface area (Å²) >= 11 is 1.21. The van der Waals surface area contributed by atoms with Crippen LogP contribution < -0.4 is 0 Å². The predicted octanol–water partition coefficient (Wildman–Crippen LogP) is 4.26. The molecule has 0 radical (unpaired) electrons. The second-order valence-corrected chi connectivity index (χ2v) is 7.17. The zero-order valence-corrected chi connectivity index (χ0v) is 11.3. The molecule has 0 aliphatic rings. The van der Waals surface area contributed by atoms with Crippen LogP contribution >= 0.6 is 18.2 Å². The van der Waals surface area contributed by atoms with Gasteiger partial charge in [-0.25, -0.2) is 4.57 Å². The largest absolute Gasteiger partial charge is 0.389 e. The Morgan fingerprint density at radius 3 is 2.47 bits per heavy atom. The third kappa shape index (κ3) is 8.09. The van der Waals surface area contributed by atoms with Gasteiger partial charge in [0.15, 0.2) is 0 Å². The minimum Gasteiger partial charge on any atom is -0.301 e. The lowest BCUT2D eigenvalue weighted by Gasteiger charge is -2.16. The molecule has 0 aromatic carbocycles. The number of rotatable bonds is 10. The quantitative estimate of drug-likeness (QED) is 0.330. The van der Waals surface area contributed by atoms with Gasteiger partial charge in [-0.05, 0) is 24.2 Å². The summed E-state index contributed by atoms with van der Waals surface area (Å²) in [5, 5.41) is 0. The van der Waals surface area contributed by atoms with E-state index < -0.39 is 6.80 Å². The van der Waals surface area contributed by atoms with E-state index in [1.54, 1.807) is 6.08 Å². The van der Waals surface area contributed by atoms with Gasteiger partial charge in [0.1, 0.15) is 0 Å². The minimum atomic E-state index is -2.94. The summed E-state index contributed by atoms with van der Waals surface area (Å²) in [6, 6.07) is 0. The van der Waals surface area contributed by atoms with Crippen LogP contribution in [0.3, 0.4) is 0 Å². The van der Waals surface area contributed by atoms with Crippen molar-refractivity contribution in [3.8, 4) is 0 Å². The molecule has 1 atom stereocenters. The summed E-state index contributed by atoms with van der Waals surface area (Å²) < 4.78 is 22.7. The maximum atomic E-state index is 12.1. The van der Waals surface area contributed by atoms with E-state index in [2.05, 4.69) is 13.5 Å². The van der Waals surface area contributed by atoms with Gasteiger partial charge in [-0.1, -0.05) is 26.3 Å². The van der Waals surface area contributed by atoms with E-state index in [9.17, 15) is 4.57 Å². The Labute approximate surface area is 96.9 Å². The third-order valence-electron chi connectivity index (χ3n) is 1.55. The first-order valence-corrected chi connectivity index (χ1v) is 8.46. The monoisotopic (exact) mass is 252 g/mol. The first-order chi connectivity index (χ1) is 7.18. The van der Waals surface area contributed by atoms with Gasteiger partial charge in [0.05, 0.1) is 13.2 Å². The molecule has 0 fully saturated rings. The average Bonchev–Trinajstić information content (AvgIpc) is 2.24. The van der Waals surface area contributed by atoms with Crippen LogP contribution in [-0.4, -0.2) is 19.0 Å². The topological polar surface area (TPSA) is 35.5 Å². The Bertz CT molecular complexity index is 209. The van der Waals surface area contributed by atoms with Crippen molar-refractivity contribution >= 4 is 18.2 Å². The summed E-state index contributed by atoms with van der Waals surface area (Å²) in [5.41, 5.74) is 0. The van der Waals surface area contributed by atoms with Crippen LogP contribution in [0.4, 0.5) is 0 Å². The molecule has 0 saturated heterocycles. The van der Waals surface area contributed by atoms with Crippen LogP contribution in [0.15, 0.2) is 12.7 Å². The van der Waals surface area contributed by atoms with Crippen LogP contribution in [0.5, 0.6) is 0 Å². The SMILES string of the molecule is C=CCSP(=O)(OCCC)OCCCC. The number of hydrogen-bond acceptors (Lipinski definition) is 4. The van der Waals surface area contributed by atoms with E-state index in [-0.39, 0.29) is 0 Å². The zero-order valence-electron chi connectivity index (χ0n) is 9.61. The Kier molecular flexibility index (Phi) is 9.62. The fourth-order valence-corrected chi connectivity index (χ4v) is 3.81. The average molecular weight is 252 g/mol. The lowest BCUT2D eigenvalue weighted by Crippen LogP contribution is -1.96. The van der Waals surface area contributed by atoms with Crippen molar-refractivity contribution < 1.29 is 13.6 Å². The molecule has 15 heavy (non-hydrogen) atoms. The van der Waals surface area contributed by atoms with Crippen molar-refractivity contribution in [2.75, 3.05) is 19.0 Å². The normalized spacial score (nSPS) is 14.8. The van der Waals surface area contributed by atoms with Crippen LogP contribution in [-0.2, 0) is 13.6 Å². The predicted molar refractivity (Wildman–Crippen MR) is 67.4 cm³/mol. The smallest absolute Gasteiger partial charge is 0.301 e. The minimum absolute atomic E-state index is 0.480. The molecule has 0 aliphatic heterocycles. The van der Waals surface area contributed by atoms with Gasteiger partial charge in [-0.3, -0.25) is 0 Å². The van der Waals surface area contributed by atoms with E-state index in [1.165, 1.54) is 11.4 Å². The Morgan fingerprint density at radius 2 is 1.93 bits per heavy atom. The standard InChI is InChI=1S/C10H21O3PS/c1-4-7-9-13-14(11,12-8-5-2)15-10-6-3/h6H,3-5,7-10H2,1-2H3. The Balaban J connectivity index is 4.01. The van der Waals surface area contributed by atoms with Gasteiger partial charge in [0.25, 0.3) is 0 Å². The van der Waals surface area contributed by atoms with E-state index in [4.69, 9.17) is 9.05 Å². The van der Waals surface area contributed by atoms with Gasteiger partial charge >= 0.3 is 6.80 Å². The maximum absolute atomic E-state index is 12.1. The molecule has 0 heterocycles. The number of unbranched alkanes of at least 4 members (excludes halogenated alkanes) is 1. The Hall–Kier alpha value is 0.240. The van der Waals surface area contributed by atoms with Gasteiger partial charge in [0, 0.05) is 5.75 Å². The summed E-state index contributed by atoms with van der Waals surface area (Å²) in [7, 11) is 0. The molecule has 3 nitrogen and oxygen atoms in total. The molecule has 0 aromatic rings. The summed E-state index contributed by atoms with van der Waals surface area (Å²) in [4.78, 5) is 0. The van der Waals surface area contributed by atoms with Crippen molar-refractivity contribution in [1.82, 2.24) is 0 Å². The molecule has 0 aromatic heterocycles. The molecule has 0 saturated carbocycles. The lowest BCUT2D eigenvalue weighted by atomic mass is 10.4. The molecule has 90 valence electrons. The highest BCUT2D eigenvalue weighted by molar-refractivity contribution is 8.55. The van der Waals surface area contributed by atoms with E-state index >= 15 is 0 Å². The molecule has 0 rings (SSSR count). The van der Waals surface area contributed by atoms with E-state index in [1.807, 2.05) is 6.92 Å². The van der Waals surface area contributed by atoms with Crippen LogP contribution in [0.1, 0.15) is 33.1 Å². The van der Waals surface area contributed by atoms with Crippen LogP contribution in [0.2, 0.25) is 0 Å². The van der Waals surface area contributed by atoms with Crippen molar-refractivity contribution in [2.45, 2.75) is 33.1 Å². The first-order valence-electron chi connectivity index (χ1n) is 5.33. The highest BCUT2D eigenvalue weighted by atomic mass is 32.7. The first kappa shape index (κ1) is 15.2. The summed E-state index contributed by atoms with van der Waals surface area (Å²) in [5.74, 6) is 0.590. The fourth-order valence-electron chi connectivity index (χ4n) is 0.780. The van der Waals surface area contributed by atoms with Crippen LogP contribution in [0.25, 0.3) is 0 Å².